The molecule has 0 aliphatic carbocycles. The Bertz CT molecular complexity index is 661. The van der Waals surface area contributed by atoms with Crippen molar-refractivity contribution < 1.29 is 9.59 Å². The zero-order chi connectivity index (χ0) is 15.9. The maximum absolute atomic E-state index is 11.7. The Balaban J connectivity index is 1.98. The number of anilines is 2. The van der Waals surface area contributed by atoms with Crippen molar-refractivity contribution in [1.82, 2.24) is 0 Å². The lowest BCUT2D eigenvalue weighted by Gasteiger charge is -1.95. The first-order valence-electron chi connectivity index (χ1n) is 6.70. The van der Waals surface area contributed by atoms with E-state index in [9.17, 15) is 9.59 Å². The average molecular weight is 292 g/mol. The van der Waals surface area contributed by atoms with Gasteiger partial charge in [-0.1, -0.05) is 36.4 Å². The lowest BCUT2D eigenvalue weighted by Crippen LogP contribution is -2.06. The van der Waals surface area contributed by atoms with E-state index in [0.29, 0.717) is 11.4 Å². The third kappa shape index (κ3) is 4.45. The molecule has 0 atom stereocenters. The maximum atomic E-state index is 11.7. The van der Waals surface area contributed by atoms with E-state index >= 15 is 0 Å². The highest BCUT2D eigenvalue weighted by Crippen LogP contribution is 2.08. The second kappa shape index (κ2) is 7.04. The highest BCUT2D eigenvalue weighted by molar-refractivity contribution is 6.46. The van der Waals surface area contributed by atoms with Crippen LogP contribution in [0.25, 0.3) is 12.2 Å². The molecule has 0 unspecified atom stereocenters. The zero-order valence-corrected chi connectivity index (χ0v) is 11.9. The van der Waals surface area contributed by atoms with E-state index in [0.717, 1.165) is 11.1 Å². The summed E-state index contributed by atoms with van der Waals surface area (Å²) in [5.41, 5.74) is 14.0. The van der Waals surface area contributed by atoms with Crippen LogP contribution in [0.15, 0.2) is 60.7 Å². The number of carbonyl (C=O) groups is 2. The predicted molar refractivity (Wildman–Crippen MR) is 89.8 cm³/mol. The summed E-state index contributed by atoms with van der Waals surface area (Å²) in [6.07, 6.45) is 5.66. The Morgan fingerprint density at radius 3 is 1.27 bits per heavy atom. The van der Waals surface area contributed by atoms with Gasteiger partial charge in [0.15, 0.2) is 0 Å². The summed E-state index contributed by atoms with van der Waals surface area (Å²) in [6.45, 7) is 0. The molecule has 0 saturated heterocycles. The molecule has 2 aromatic rings. The van der Waals surface area contributed by atoms with Crippen LogP contribution in [-0.4, -0.2) is 11.6 Å². The van der Waals surface area contributed by atoms with Crippen LogP contribution < -0.4 is 11.5 Å². The number of carbonyl (C=O) groups excluding carboxylic acids is 2. The molecule has 0 bridgehead atoms. The fraction of sp³-hybridized carbons (Fsp3) is 0. The van der Waals surface area contributed by atoms with Gasteiger partial charge >= 0.3 is 0 Å². The molecule has 4 N–H and O–H groups in total. The van der Waals surface area contributed by atoms with Gasteiger partial charge in [-0.2, -0.15) is 0 Å². The van der Waals surface area contributed by atoms with Crippen molar-refractivity contribution in [2.24, 2.45) is 0 Å². The number of nitrogens with two attached hydrogens (primary N) is 2. The van der Waals surface area contributed by atoms with Crippen LogP contribution in [0.1, 0.15) is 11.1 Å². The lowest BCUT2D eigenvalue weighted by molar-refractivity contribution is -0.130. The van der Waals surface area contributed by atoms with Crippen LogP contribution in [-0.2, 0) is 9.59 Å². The maximum Gasteiger partial charge on any atom is 0.225 e. The van der Waals surface area contributed by atoms with Crippen LogP contribution >= 0.6 is 0 Å². The van der Waals surface area contributed by atoms with Crippen LogP contribution in [0.4, 0.5) is 11.4 Å². The average Bonchev–Trinajstić information content (AvgIpc) is 2.53. The molecular formula is C18H16N2O2. The summed E-state index contributed by atoms with van der Waals surface area (Å²) in [5.74, 6) is -1.16. The molecule has 0 saturated carbocycles. The van der Waals surface area contributed by atoms with Crippen molar-refractivity contribution >= 4 is 35.1 Å². The molecule has 0 aliphatic rings. The first kappa shape index (κ1) is 15.3. The van der Waals surface area contributed by atoms with Gasteiger partial charge in [0, 0.05) is 11.4 Å². The SMILES string of the molecule is Nc1ccc(C=CC(=O)C(=O)C=Cc2ccc(N)cc2)cc1. The Morgan fingerprint density at radius 1 is 0.636 bits per heavy atom. The third-order valence-corrected chi connectivity index (χ3v) is 2.97. The molecule has 4 nitrogen and oxygen atoms in total. The number of hydrogen-bond acceptors (Lipinski definition) is 4. The highest BCUT2D eigenvalue weighted by atomic mass is 16.2. The minimum atomic E-state index is -0.580. The van der Waals surface area contributed by atoms with Crippen LogP contribution in [0.3, 0.4) is 0 Å². The van der Waals surface area contributed by atoms with Crippen molar-refractivity contribution in [1.29, 1.82) is 0 Å². The van der Waals surface area contributed by atoms with Gasteiger partial charge in [0.2, 0.25) is 11.6 Å². The molecule has 2 rings (SSSR count). The van der Waals surface area contributed by atoms with E-state index in [-0.39, 0.29) is 0 Å². The molecule has 0 fully saturated rings. The number of allylic oxidation sites excluding steroid dienone is 2. The first-order valence-corrected chi connectivity index (χ1v) is 6.70. The number of nitrogen functional groups attached to an aromatic ring is 2. The number of rotatable bonds is 5. The summed E-state index contributed by atoms with van der Waals surface area (Å²) in [7, 11) is 0. The summed E-state index contributed by atoms with van der Waals surface area (Å²) >= 11 is 0. The van der Waals surface area contributed by atoms with Crippen LogP contribution in [0.5, 0.6) is 0 Å². The summed E-state index contributed by atoms with van der Waals surface area (Å²) in [5, 5.41) is 0. The monoisotopic (exact) mass is 292 g/mol. The van der Waals surface area contributed by atoms with E-state index in [1.165, 1.54) is 12.2 Å². The van der Waals surface area contributed by atoms with Crippen molar-refractivity contribution in [3.63, 3.8) is 0 Å². The molecular weight excluding hydrogens is 276 g/mol. The smallest absolute Gasteiger partial charge is 0.225 e. The van der Waals surface area contributed by atoms with Crippen molar-refractivity contribution in [3.8, 4) is 0 Å². The summed E-state index contributed by atoms with van der Waals surface area (Å²) in [6, 6.07) is 14.0. The van der Waals surface area contributed by atoms with Gasteiger partial charge in [-0.25, -0.2) is 0 Å². The normalized spacial score (nSPS) is 11.1. The Morgan fingerprint density at radius 2 is 0.955 bits per heavy atom. The summed E-state index contributed by atoms with van der Waals surface area (Å²) in [4.78, 5) is 23.5. The van der Waals surface area contributed by atoms with Crippen LogP contribution in [0.2, 0.25) is 0 Å². The molecule has 0 amide bonds. The molecule has 0 aliphatic heterocycles. The molecule has 0 heterocycles. The minimum absolute atomic E-state index is 0.580. The minimum Gasteiger partial charge on any atom is -0.399 e. The largest absolute Gasteiger partial charge is 0.399 e. The Kier molecular flexibility index (Phi) is 4.88. The van der Waals surface area contributed by atoms with E-state index < -0.39 is 11.6 Å². The lowest BCUT2D eigenvalue weighted by atomic mass is 10.1. The molecule has 0 spiro atoms. The fourth-order valence-corrected chi connectivity index (χ4v) is 1.72. The second-order valence-electron chi connectivity index (χ2n) is 4.73. The fourth-order valence-electron chi connectivity index (χ4n) is 1.72. The molecule has 4 heteroatoms. The van der Waals surface area contributed by atoms with Crippen molar-refractivity contribution in [3.05, 3.63) is 71.8 Å². The highest BCUT2D eigenvalue weighted by Gasteiger charge is 2.05. The molecule has 0 aromatic heterocycles. The Labute approximate surface area is 128 Å². The molecule has 0 radical (unpaired) electrons. The topological polar surface area (TPSA) is 86.2 Å². The third-order valence-electron chi connectivity index (χ3n) is 2.97. The van der Waals surface area contributed by atoms with E-state index in [4.69, 9.17) is 11.5 Å². The second-order valence-corrected chi connectivity index (χ2v) is 4.73. The van der Waals surface area contributed by atoms with Gasteiger partial charge in [-0.15, -0.1) is 0 Å². The van der Waals surface area contributed by atoms with Gasteiger partial charge in [-0.05, 0) is 47.5 Å². The number of hydrogen-bond donors (Lipinski definition) is 2. The van der Waals surface area contributed by atoms with Crippen molar-refractivity contribution in [2.75, 3.05) is 11.5 Å². The number of benzene rings is 2. The van der Waals surface area contributed by atoms with E-state index in [1.54, 1.807) is 60.7 Å². The summed E-state index contributed by atoms with van der Waals surface area (Å²) < 4.78 is 0. The quantitative estimate of drug-likeness (QED) is 0.504. The predicted octanol–water partition coefficient (Wildman–Crippen LogP) is 2.72. The standard InChI is InChI=1S/C18H16N2O2/c19-15-7-1-13(2-8-15)5-11-17(21)18(22)12-6-14-3-9-16(20)10-4-14/h1-12H,19-20H2. The van der Waals surface area contributed by atoms with Gasteiger partial charge in [0.05, 0.1) is 0 Å². The van der Waals surface area contributed by atoms with Gasteiger partial charge in [-0.3, -0.25) is 9.59 Å². The van der Waals surface area contributed by atoms with Gasteiger partial charge in [0.1, 0.15) is 0 Å². The van der Waals surface area contributed by atoms with E-state index in [2.05, 4.69) is 0 Å². The Hall–Kier alpha value is -3.14. The van der Waals surface area contributed by atoms with Crippen molar-refractivity contribution in [2.45, 2.75) is 0 Å². The van der Waals surface area contributed by atoms with Crippen LogP contribution in [0, 0.1) is 0 Å². The number of ketones is 2. The molecule has 2 aromatic carbocycles. The van der Waals surface area contributed by atoms with E-state index in [1.807, 2.05) is 0 Å². The zero-order valence-electron chi connectivity index (χ0n) is 11.9. The molecule has 22 heavy (non-hydrogen) atoms. The first-order chi connectivity index (χ1) is 10.5. The molecule has 110 valence electrons. The van der Waals surface area contributed by atoms with Gasteiger partial charge in [0.25, 0.3) is 0 Å². The van der Waals surface area contributed by atoms with Gasteiger partial charge < -0.3 is 11.5 Å².